The number of hydrogen-bond donors (Lipinski definition) is 1. The second-order valence-electron chi connectivity index (χ2n) is 7.98. The Labute approximate surface area is 171 Å². The average molecular weight is 386 g/mol. The van der Waals surface area contributed by atoms with Gasteiger partial charge in [0.25, 0.3) is 5.91 Å². The maximum Gasteiger partial charge on any atom is 0.258 e. The summed E-state index contributed by atoms with van der Waals surface area (Å²) in [4.78, 5) is 27.2. The van der Waals surface area contributed by atoms with Crippen molar-refractivity contribution in [1.29, 1.82) is 0 Å². The largest absolute Gasteiger partial charge is 0.326 e. The van der Waals surface area contributed by atoms with E-state index >= 15 is 0 Å². The second-order valence-corrected chi connectivity index (χ2v) is 7.98. The van der Waals surface area contributed by atoms with Gasteiger partial charge in [-0.15, -0.1) is 0 Å². The number of benzene rings is 3. The fraction of sp³-hybridized carbons (Fsp3) is 0.280. The van der Waals surface area contributed by atoms with E-state index in [2.05, 4.69) is 25.2 Å². The van der Waals surface area contributed by atoms with Crippen molar-refractivity contribution in [3.63, 3.8) is 0 Å². The van der Waals surface area contributed by atoms with Gasteiger partial charge in [0.15, 0.2) is 0 Å². The van der Waals surface area contributed by atoms with Gasteiger partial charge in [-0.05, 0) is 47.9 Å². The van der Waals surface area contributed by atoms with Crippen LogP contribution in [0.4, 0.5) is 11.4 Å². The third-order valence-electron chi connectivity index (χ3n) is 5.63. The molecule has 0 atom stereocenters. The maximum atomic E-state index is 12.8. The van der Waals surface area contributed by atoms with Crippen LogP contribution in [-0.4, -0.2) is 18.4 Å². The van der Waals surface area contributed by atoms with E-state index in [1.165, 1.54) is 0 Å². The van der Waals surface area contributed by atoms with Crippen LogP contribution < -0.4 is 10.2 Å². The highest BCUT2D eigenvalue weighted by Crippen LogP contribution is 2.37. The van der Waals surface area contributed by atoms with E-state index in [0.29, 0.717) is 25.3 Å². The van der Waals surface area contributed by atoms with Crippen molar-refractivity contribution in [2.24, 2.45) is 0 Å². The molecule has 1 N–H and O–H groups in total. The molecule has 4 heteroatoms. The number of para-hydroxylation sites is 1. The van der Waals surface area contributed by atoms with Gasteiger partial charge in [0.05, 0.1) is 5.69 Å². The summed E-state index contributed by atoms with van der Waals surface area (Å²) in [5.41, 5.74) is 4.84. The number of nitrogens with zero attached hydrogens (tertiary/aromatic N) is 1. The van der Waals surface area contributed by atoms with E-state index in [1.54, 1.807) is 4.90 Å². The molecule has 2 amide bonds. The summed E-state index contributed by atoms with van der Waals surface area (Å²) >= 11 is 0. The summed E-state index contributed by atoms with van der Waals surface area (Å²) in [5, 5.41) is 5.19. The van der Waals surface area contributed by atoms with Gasteiger partial charge < -0.3 is 10.2 Å². The number of amides is 2. The molecule has 0 unspecified atom stereocenters. The first-order valence-corrected chi connectivity index (χ1v) is 10.2. The lowest BCUT2D eigenvalue weighted by molar-refractivity contribution is -0.116. The minimum absolute atomic E-state index is 0.0106. The monoisotopic (exact) mass is 386 g/mol. The Balaban J connectivity index is 1.43. The summed E-state index contributed by atoms with van der Waals surface area (Å²) < 4.78 is 0. The first-order chi connectivity index (χ1) is 14.0. The molecule has 0 aliphatic carbocycles. The highest BCUT2D eigenvalue weighted by Gasteiger charge is 2.29. The van der Waals surface area contributed by atoms with Gasteiger partial charge in [-0.2, -0.15) is 0 Å². The summed E-state index contributed by atoms with van der Waals surface area (Å²) in [6, 6.07) is 17.9. The van der Waals surface area contributed by atoms with E-state index < -0.39 is 0 Å². The van der Waals surface area contributed by atoms with E-state index in [9.17, 15) is 9.59 Å². The molecule has 0 bridgehead atoms. The molecule has 4 nitrogen and oxygen atoms in total. The number of hydrogen-bond acceptors (Lipinski definition) is 2. The Morgan fingerprint density at radius 1 is 1.03 bits per heavy atom. The summed E-state index contributed by atoms with van der Waals surface area (Å²) in [7, 11) is 0. The van der Waals surface area contributed by atoms with Crippen molar-refractivity contribution in [1.82, 2.24) is 0 Å². The van der Waals surface area contributed by atoms with Crippen LogP contribution in [0, 0.1) is 6.92 Å². The number of carbonyl (C=O) groups is 2. The number of anilines is 2. The van der Waals surface area contributed by atoms with Gasteiger partial charge in [-0.25, -0.2) is 0 Å². The number of aryl methyl sites for hydroxylation is 1. The predicted molar refractivity (Wildman–Crippen MR) is 119 cm³/mol. The third-order valence-corrected chi connectivity index (χ3v) is 5.63. The molecular formula is C25H26N2O2. The van der Waals surface area contributed by atoms with Crippen LogP contribution >= 0.6 is 0 Å². The molecule has 29 heavy (non-hydrogen) atoms. The summed E-state index contributed by atoms with van der Waals surface area (Å²) in [6.45, 7) is 6.80. The molecule has 4 rings (SSSR count). The summed E-state index contributed by atoms with van der Waals surface area (Å²) in [5.74, 6) is 0.355. The zero-order valence-electron chi connectivity index (χ0n) is 17.2. The van der Waals surface area contributed by atoms with Crippen LogP contribution in [0.25, 0.3) is 10.8 Å². The van der Waals surface area contributed by atoms with Crippen LogP contribution in [0.2, 0.25) is 0 Å². The zero-order valence-corrected chi connectivity index (χ0v) is 17.2. The van der Waals surface area contributed by atoms with Crippen molar-refractivity contribution in [3.05, 3.63) is 71.3 Å². The van der Waals surface area contributed by atoms with Gasteiger partial charge >= 0.3 is 0 Å². The van der Waals surface area contributed by atoms with Gasteiger partial charge in [0.1, 0.15) is 0 Å². The first-order valence-electron chi connectivity index (χ1n) is 10.2. The molecule has 148 valence electrons. The Kier molecular flexibility index (Phi) is 5.10. The van der Waals surface area contributed by atoms with Crippen molar-refractivity contribution in [2.45, 2.75) is 39.5 Å². The van der Waals surface area contributed by atoms with Crippen LogP contribution in [0.3, 0.4) is 0 Å². The lowest BCUT2D eigenvalue weighted by atomic mass is 9.98. The van der Waals surface area contributed by atoms with Gasteiger partial charge in [-0.1, -0.05) is 56.3 Å². The topological polar surface area (TPSA) is 49.4 Å². The van der Waals surface area contributed by atoms with Crippen molar-refractivity contribution >= 4 is 34.0 Å². The summed E-state index contributed by atoms with van der Waals surface area (Å²) in [6.07, 6.45) is 0.993. The maximum absolute atomic E-state index is 12.8. The van der Waals surface area contributed by atoms with Crippen LogP contribution in [-0.2, 0) is 4.79 Å². The normalized spacial score (nSPS) is 12.8. The highest BCUT2D eigenvalue weighted by atomic mass is 16.2. The Hall–Kier alpha value is -3.14. The minimum Gasteiger partial charge on any atom is -0.326 e. The van der Waals surface area contributed by atoms with Crippen molar-refractivity contribution in [2.75, 3.05) is 16.8 Å². The van der Waals surface area contributed by atoms with Crippen molar-refractivity contribution in [3.8, 4) is 0 Å². The smallest absolute Gasteiger partial charge is 0.258 e. The fourth-order valence-electron chi connectivity index (χ4n) is 4.14. The van der Waals surface area contributed by atoms with E-state index in [-0.39, 0.29) is 11.8 Å². The molecule has 0 saturated heterocycles. The third kappa shape index (κ3) is 3.51. The van der Waals surface area contributed by atoms with Crippen LogP contribution in [0.1, 0.15) is 54.1 Å². The SMILES string of the molecule is Cc1cccc(C(C)C)c1NC(=O)CCCN1C(=O)c2cccc3cccc1c23. The molecular weight excluding hydrogens is 360 g/mol. The minimum atomic E-state index is -0.0106. The molecule has 0 saturated carbocycles. The Bertz CT molecular complexity index is 1100. The fourth-order valence-corrected chi connectivity index (χ4v) is 4.14. The molecule has 0 fully saturated rings. The first kappa shape index (κ1) is 19.2. The van der Waals surface area contributed by atoms with E-state index in [0.717, 1.165) is 38.8 Å². The number of rotatable bonds is 6. The molecule has 0 radical (unpaired) electrons. The lowest BCUT2D eigenvalue weighted by Crippen LogP contribution is -2.28. The Morgan fingerprint density at radius 2 is 1.76 bits per heavy atom. The average Bonchev–Trinajstić information content (AvgIpc) is 2.97. The standard InChI is InChI=1S/C25H26N2O2/c1-16(2)19-11-4-8-17(3)24(19)26-22(28)14-7-15-27-21-13-6-10-18-9-5-12-20(23(18)21)25(27)29/h4-6,8-13,16H,7,14-15H2,1-3H3,(H,26,28). The van der Waals surface area contributed by atoms with Crippen LogP contribution in [0.5, 0.6) is 0 Å². The number of carbonyl (C=O) groups excluding carboxylic acids is 2. The molecule has 1 heterocycles. The van der Waals surface area contributed by atoms with Gasteiger partial charge in [0.2, 0.25) is 5.91 Å². The van der Waals surface area contributed by atoms with E-state index in [1.807, 2.05) is 55.5 Å². The molecule has 0 spiro atoms. The predicted octanol–water partition coefficient (Wildman–Crippen LogP) is 5.65. The quantitative estimate of drug-likeness (QED) is 0.595. The molecule has 3 aromatic rings. The second kappa shape index (κ2) is 7.70. The zero-order chi connectivity index (χ0) is 20.5. The molecule has 0 aromatic heterocycles. The number of nitrogens with one attached hydrogen (secondary N) is 1. The molecule has 1 aliphatic rings. The highest BCUT2D eigenvalue weighted by molar-refractivity contribution is 6.25. The molecule has 3 aromatic carbocycles. The lowest BCUT2D eigenvalue weighted by Gasteiger charge is -2.19. The Morgan fingerprint density at radius 3 is 2.52 bits per heavy atom. The van der Waals surface area contributed by atoms with Gasteiger partial charge in [-0.3, -0.25) is 9.59 Å². The van der Waals surface area contributed by atoms with E-state index in [4.69, 9.17) is 0 Å². The van der Waals surface area contributed by atoms with Crippen LogP contribution in [0.15, 0.2) is 54.6 Å². The van der Waals surface area contributed by atoms with Crippen molar-refractivity contribution < 1.29 is 9.59 Å². The molecule has 1 aliphatic heterocycles. The van der Waals surface area contributed by atoms with Gasteiger partial charge in [0, 0.05) is 29.6 Å².